The average Bonchev–Trinajstić information content (AvgIpc) is 3.00. The molecule has 0 N–H and O–H groups in total. The maximum absolute atomic E-state index is 12.6. The number of likely N-dealkylation sites (tertiary alicyclic amines) is 1. The number of aromatic nitrogens is 3. The molecule has 1 atom stereocenters. The molecule has 0 bridgehead atoms. The summed E-state index contributed by atoms with van der Waals surface area (Å²) in [7, 11) is 3.74. The summed E-state index contributed by atoms with van der Waals surface area (Å²) in [5.74, 6) is 0.131. The number of benzene rings is 1. The highest BCUT2D eigenvalue weighted by Gasteiger charge is 2.26. The summed E-state index contributed by atoms with van der Waals surface area (Å²) >= 11 is 0. The van der Waals surface area contributed by atoms with E-state index in [1.54, 1.807) is 10.9 Å². The summed E-state index contributed by atoms with van der Waals surface area (Å²) in [6, 6.07) is 10.8. The van der Waals surface area contributed by atoms with E-state index in [1.165, 1.54) is 5.56 Å². The van der Waals surface area contributed by atoms with E-state index in [0.29, 0.717) is 6.42 Å². The summed E-state index contributed by atoms with van der Waals surface area (Å²) in [5, 5.41) is 7.73. The van der Waals surface area contributed by atoms with Crippen LogP contribution >= 0.6 is 0 Å². The highest BCUT2D eigenvalue weighted by Crippen LogP contribution is 2.18. The molecule has 128 valence electrons. The molecule has 0 spiro atoms. The molecule has 1 saturated heterocycles. The summed E-state index contributed by atoms with van der Waals surface area (Å²) in [6.45, 7) is 2.98. The fourth-order valence-electron chi connectivity index (χ4n) is 3.29. The SMILES string of the molecule is CN(C(=O)Cc1cnnn1C)C1CCCN(Cc2ccccc2)C1. The number of hydrogen-bond acceptors (Lipinski definition) is 4. The molecule has 1 aliphatic heterocycles. The topological polar surface area (TPSA) is 54.3 Å². The quantitative estimate of drug-likeness (QED) is 0.835. The third kappa shape index (κ3) is 4.00. The molecule has 6 heteroatoms. The largest absolute Gasteiger partial charge is 0.341 e. The van der Waals surface area contributed by atoms with Crippen molar-refractivity contribution in [2.45, 2.75) is 31.8 Å². The zero-order valence-corrected chi connectivity index (χ0v) is 14.4. The molecule has 1 aromatic carbocycles. The Morgan fingerprint density at radius 3 is 2.83 bits per heavy atom. The van der Waals surface area contributed by atoms with E-state index in [2.05, 4.69) is 39.5 Å². The molecule has 2 heterocycles. The fraction of sp³-hybridized carbons (Fsp3) is 0.500. The van der Waals surface area contributed by atoms with Crippen molar-refractivity contribution in [3.05, 3.63) is 47.8 Å². The van der Waals surface area contributed by atoms with E-state index >= 15 is 0 Å². The molecule has 1 aromatic heterocycles. The molecule has 2 aromatic rings. The number of aryl methyl sites for hydroxylation is 1. The van der Waals surface area contributed by atoms with E-state index in [9.17, 15) is 4.79 Å². The molecule has 24 heavy (non-hydrogen) atoms. The number of rotatable bonds is 5. The van der Waals surface area contributed by atoms with Crippen molar-refractivity contribution in [2.75, 3.05) is 20.1 Å². The predicted molar refractivity (Wildman–Crippen MR) is 92.2 cm³/mol. The Bertz CT molecular complexity index is 669. The van der Waals surface area contributed by atoms with Gasteiger partial charge in [0.2, 0.25) is 5.91 Å². The van der Waals surface area contributed by atoms with Gasteiger partial charge in [-0.05, 0) is 24.9 Å². The Morgan fingerprint density at radius 2 is 2.12 bits per heavy atom. The van der Waals surface area contributed by atoms with E-state index in [-0.39, 0.29) is 11.9 Å². The minimum atomic E-state index is 0.131. The average molecular weight is 327 g/mol. The van der Waals surface area contributed by atoms with Gasteiger partial charge in [-0.1, -0.05) is 35.5 Å². The predicted octanol–water partition coefficient (Wildman–Crippen LogP) is 1.48. The molecule has 0 radical (unpaired) electrons. The standard InChI is InChI=1S/C18H25N5O/c1-21(18(24)11-17-12-19-20-22(17)2)16-9-6-10-23(14-16)13-15-7-4-3-5-8-15/h3-5,7-8,12,16H,6,9-11,13-14H2,1-2H3. The summed E-state index contributed by atoms with van der Waals surface area (Å²) in [5.41, 5.74) is 2.18. The Labute approximate surface area is 143 Å². The van der Waals surface area contributed by atoms with Gasteiger partial charge < -0.3 is 4.90 Å². The Balaban J connectivity index is 1.57. The van der Waals surface area contributed by atoms with Crippen molar-refractivity contribution < 1.29 is 4.79 Å². The highest BCUT2D eigenvalue weighted by atomic mass is 16.2. The van der Waals surface area contributed by atoms with Gasteiger partial charge in [0.15, 0.2) is 0 Å². The molecule has 1 amide bonds. The zero-order valence-electron chi connectivity index (χ0n) is 14.4. The van der Waals surface area contributed by atoms with Crippen molar-refractivity contribution >= 4 is 5.91 Å². The molecule has 1 aliphatic rings. The van der Waals surface area contributed by atoms with Crippen LogP contribution < -0.4 is 0 Å². The van der Waals surface area contributed by atoms with Crippen LogP contribution in [-0.2, 0) is 24.8 Å². The number of likely N-dealkylation sites (N-methyl/N-ethyl adjacent to an activating group) is 1. The third-order valence-electron chi connectivity index (χ3n) is 4.81. The number of carbonyl (C=O) groups excluding carboxylic acids is 1. The first-order chi connectivity index (χ1) is 11.6. The van der Waals surface area contributed by atoms with Crippen molar-refractivity contribution in [1.82, 2.24) is 24.8 Å². The lowest BCUT2D eigenvalue weighted by Gasteiger charge is -2.37. The van der Waals surface area contributed by atoms with E-state index in [0.717, 1.165) is 38.2 Å². The second kappa shape index (κ2) is 7.57. The highest BCUT2D eigenvalue weighted by molar-refractivity contribution is 5.78. The van der Waals surface area contributed by atoms with Gasteiger partial charge >= 0.3 is 0 Å². The smallest absolute Gasteiger partial charge is 0.228 e. The van der Waals surface area contributed by atoms with Gasteiger partial charge in [0.1, 0.15) is 0 Å². The Hall–Kier alpha value is -2.21. The number of nitrogens with zero attached hydrogens (tertiary/aromatic N) is 5. The molecular weight excluding hydrogens is 302 g/mol. The van der Waals surface area contributed by atoms with Gasteiger partial charge in [0.25, 0.3) is 0 Å². The maximum Gasteiger partial charge on any atom is 0.228 e. The summed E-state index contributed by atoms with van der Waals surface area (Å²) in [6.07, 6.45) is 4.21. The lowest BCUT2D eigenvalue weighted by Crippen LogP contribution is -2.48. The molecule has 0 aliphatic carbocycles. The van der Waals surface area contributed by atoms with Crippen molar-refractivity contribution in [1.29, 1.82) is 0 Å². The number of piperidine rings is 1. The Morgan fingerprint density at radius 1 is 1.33 bits per heavy atom. The lowest BCUT2D eigenvalue weighted by atomic mass is 10.0. The number of hydrogen-bond donors (Lipinski definition) is 0. The van der Waals surface area contributed by atoms with E-state index in [4.69, 9.17) is 0 Å². The van der Waals surface area contributed by atoms with Crippen LogP contribution in [0.25, 0.3) is 0 Å². The fourth-order valence-corrected chi connectivity index (χ4v) is 3.29. The van der Waals surface area contributed by atoms with Gasteiger partial charge in [0.05, 0.1) is 18.3 Å². The van der Waals surface area contributed by atoms with Crippen LogP contribution in [0.3, 0.4) is 0 Å². The molecule has 6 nitrogen and oxygen atoms in total. The third-order valence-corrected chi connectivity index (χ3v) is 4.81. The molecule has 1 fully saturated rings. The Kier molecular flexibility index (Phi) is 5.25. The van der Waals surface area contributed by atoms with Crippen LogP contribution in [0.1, 0.15) is 24.1 Å². The van der Waals surface area contributed by atoms with Crippen LogP contribution in [0.2, 0.25) is 0 Å². The molecular formula is C18H25N5O. The summed E-state index contributed by atoms with van der Waals surface area (Å²) < 4.78 is 1.66. The molecule has 3 rings (SSSR count). The van der Waals surface area contributed by atoms with E-state index in [1.807, 2.05) is 25.1 Å². The van der Waals surface area contributed by atoms with Crippen molar-refractivity contribution in [2.24, 2.45) is 7.05 Å². The zero-order chi connectivity index (χ0) is 16.9. The minimum absolute atomic E-state index is 0.131. The second-order valence-corrected chi connectivity index (χ2v) is 6.55. The van der Waals surface area contributed by atoms with Crippen LogP contribution in [0.15, 0.2) is 36.5 Å². The normalized spacial score (nSPS) is 18.5. The maximum atomic E-state index is 12.6. The van der Waals surface area contributed by atoms with Gasteiger partial charge in [-0.15, -0.1) is 5.10 Å². The molecule has 0 saturated carbocycles. The van der Waals surface area contributed by atoms with Gasteiger partial charge in [-0.25, -0.2) is 0 Å². The van der Waals surface area contributed by atoms with Gasteiger partial charge in [0, 0.05) is 33.2 Å². The first-order valence-corrected chi connectivity index (χ1v) is 8.49. The first kappa shape index (κ1) is 16.6. The van der Waals surface area contributed by atoms with Crippen LogP contribution in [0, 0.1) is 0 Å². The van der Waals surface area contributed by atoms with Crippen LogP contribution in [-0.4, -0.2) is 56.9 Å². The van der Waals surface area contributed by atoms with Crippen molar-refractivity contribution in [3.8, 4) is 0 Å². The second-order valence-electron chi connectivity index (χ2n) is 6.55. The van der Waals surface area contributed by atoms with Gasteiger partial charge in [-0.3, -0.25) is 14.4 Å². The number of amides is 1. The minimum Gasteiger partial charge on any atom is -0.341 e. The summed E-state index contributed by atoms with van der Waals surface area (Å²) in [4.78, 5) is 16.9. The number of carbonyl (C=O) groups is 1. The van der Waals surface area contributed by atoms with Crippen molar-refractivity contribution in [3.63, 3.8) is 0 Å². The van der Waals surface area contributed by atoms with Gasteiger partial charge in [-0.2, -0.15) is 0 Å². The lowest BCUT2D eigenvalue weighted by molar-refractivity contribution is -0.132. The van der Waals surface area contributed by atoms with E-state index < -0.39 is 0 Å². The molecule has 1 unspecified atom stereocenters. The van der Waals surface area contributed by atoms with Crippen LogP contribution in [0.4, 0.5) is 0 Å². The first-order valence-electron chi connectivity index (χ1n) is 8.49. The van der Waals surface area contributed by atoms with Crippen LogP contribution in [0.5, 0.6) is 0 Å². The monoisotopic (exact) mass is 327 g/mol.